The Bertz CT molecular complexity index is 1020. The third-order valence-corrected chi connectivity index (χ3v) is 5.79. The van der Waals surface area contributed by atoms with Gasteiger partial charge in [0.05, 0.1) is 0 Å². The monoisotopic (exact) mass is 414 g/mol. The summed E-state index contributed by atoms with van der Waals surface area (Å²) < 4.78 is 68.5. The maximum atomic E-state index is 12.5. The molecule has 2 heterocycles. The second kappa shape index (κ2) is 7.67. The minimum atomic E-state index is -5.00. The zero-order valence-electron chi connectivity index (χ0n) is 13.6. The number of hydrogen-bond donors (Lipinski definition) is 1. The van der Waals surface area contributed by atoms with Crippen molar-refractivity contribution in [2.24, 2.45) is 0 Å². The van der Waals surface area contributed by atoms with Crippen LogP contribution in [0.1, 0.15) is 5.56 Å². The molecule has 0 spiro atoms. The first-order valence-corrected chi connectivity index (χ1v) is 9.93. The summed E-state index contributed by atoms with van der Waals surface area (Å²) in [5, 5.41) is 1.91. The fourth-order valence-electron chi connectivity index (χ4n) is 2.30. The highest BCUT2D eigenvalue weighted by Gasteiger charge is 2.33. The smallest absolute Gasteiger partial charge is 0.404 e. The standard InChI is InChI=1S/C17H13F3N2O3S2/c18-17(19,20)25-14-4-1-2-6-16(14)27(23,24)22-10-12-8-13(11-21-9-12)15-5-3-7-26-15/h1-9,11,22H,10H2. The van der Waals surface area contributed by atoms with Crippen LogP contribution >= 0.6 is 11.3 Å². The second-order valence-electron chi connectivity index (χ2n) is 5.38. The highest BCUT2D eigenvalue weighted by molar-refractivity contribution is 7.89. The zero-order valence-corrected chi connectivity index (χ0v) is 15.2. The van der Waals surface area contributed by atoms with Gasteiger partial charge in [0, 0.05) is 29.4 Å². The van der Waals surface area contributed by atoms with E-state index in [1.54, 1.807) is 12.3 Å². The third-order valence-electron chi connectivity index (χ3n) is 3.43. The van der Waals surface area contributed by atoms with Crippen LogP contribution in [0.25, 0.3) is 10.4 Å². The lowest BCUT2D eigenvalue weighted by Gasteiger charge is -2.14. The van der Waals surface area contributed by atoms with E-state index in [9.17, 15) is 21.6 Å². The number of hydrogen-bond acceptors (Lipinski definition) is 5. The molecule has 0 unspecified atom stereocenters. The van der Waals surface area contributed by atoms with Crippen LogP contribution in [0.2, 0.25) is 0 Å². The predicted molar refractivity (Wildman–Crippen MR) is 94.7 cm³/mol. The van der Waals surface area contributed by atoms with Crippen molar-refractivity contribution in [1.82, 2.24) is 9.71 Å². The van der Waals surface area contributed by atoms with Gasteiger partial charge in [0.1, 0.15) is 10.6 Å². The molecule has 3 aromatic rings. The van der Waals surface area contributed by atoms with Gasteiger partial charge in [-0.05, 0) is 35.2 Å². The Morgan fingerprint density at radius 2 is 1.89 bits per heavy atom. The summed E-state index contributed by atoms with van der Waals surface area (Å²) in [5.74, 6) is -0.789. The van der Waals surface area contributed by atoms with Gasteiger partial charge in [0.25, 0.3) is 0 Å². The van der Waals surface area contributed by atoms with E-state index in [-0.39, 0.29) is 6.54 Å². The van der Waals surface area contributed by atoms with E-state index in [1.165, 1.54) is 29.7 Å². The average Bonchev–Trinajstić information content (AvgIpc) is 3.14. The van der Waals surface area contributed by atoms with Crippen molar-refractivity contribution in [2.45, 2.75) is 17.8 Å². The molecule has 2 aromatic heterocycles. The summed E-state index contributed by atoms with van der Waals surface area (Å²) in [5.41, 5.74) is 1.39. The number of halogens is 3. The number of sulfonamides is 1. The number of ether oxygens (including phenoxy) is 1. The lowest BCUT2D eigenvalue weighted by Crippen LogP contribution is -2.25. The summed E-state index contributed by atoms with van der Waals surface area (Å²) in [7, 11) is -4.23. The number of rotatable bonds is 6. The van der Waals surface area contributed by atoms with E-state index >= 15 is 0 Å². The summed E-state index contributed by atoms with van der Waals surface area (Å²) in [6, 6.07) is 10.1. The first-order chi connectivity index (χ1) is 12.7. The molecule has 0 bridgehead atoms. The van der Waals surface area contributed by atoms with Crippen LogP contribution in [0.5, 0.6) is 5.75 Å². The van der Waals surface area contributed by atoms with E-state index < -0.39 is 27.0 Å². The summed E-state index contributed by atoms with van der Waals surface area (Å²) in [6.45, 7) is -0.130. The Kier molecular flexibility index (Phi) is 5.49. The molecule has 0 aliphatic rings. The quantitative estimate of drug-likeness (QED) is 0.657. The number of nitrogens with zero attached hydrogens (tertiary/aromatic N) is 1. The van der Waals surface area contributed by atoms with Gasteiger partial charge < -0.3 is 4.74 Å². The summed E-state index contributed by atoms with van der Waals surface area (Å²) in [6.07, 6.45) is -1.86. The number of nitrogens with one attached hydrogen (secondary N) is 1. The molecular formula is C17H13F3N2O3S2. The van der Waals surface area contributed by atoms with Gasteiger partial charge >= 0.3 is 6.36 Å². The molecule has 27 heavy (non-hydrogen) atoms. The van der Waals surface area contributed by atoms with Gasteiger partial charge in [0.15, 0.2) is 0 Å². The van der Waals surface area contributed by atoms with Crippen molar-refractivity contribution in [2.75, 3.05) is 0 Å². The number of thiophene rings is 1. The number of alkyl halides is 3. The van der Waals surface area contributed by atoms with Crippen molar-refractivity contribution in [3.05, 3.63) is 65.8 Å². The largest absolute Gasteiger partial charge is 0.573 e. The first kappa shape index (κ1) is 19.3. The van der Waals surface area contributed by atoms with E-state index in [1.807, 2.05) is 17.5 Å². The predicted octanol–water partition coefficient (Wildman–Crippen LogP) is 4.19. The average molecular weight is 414 g/mol. The highest BCUT2D eigenvalue weighted by Crippen LogP contribution is 2.29. The van der Waals surface area contributed by atoms with Crippen LogP contribution in [0.15, 0.2) is 65.1 Å². The van der Waals surface area contributed by atoms with Crippen LogP contribution in [-0.4, -0.2) is 19.8 Å². The number of para-hydroxylation sites is 1. The third kappa shape index (κ3) is 5.06. The molecule has 3 rings (SSSR count). The highest BCUT2D eigenvalue weighted by atomic mass is 32.2. The second-order valence-corrected chi connectivity index (χ2v) is 8.06. The van der Waals surface area contributed by atoms with Crippen molar-refractivity contribution >= 4 is 21.4 Å². The molecular weight excluding hydrogens is 401 g/mol. The zero-order chi connectivity index (χ0) is 19.5. The van der Waals surface area contributed by atoms with E-state index in [0.29, 0.717) is 5.56 Å². The molecule has 0 saturated carbocycles. The molecule has 0 atom stereocenters. The Hall–Kier alpha value is -2.43. The van der Waals surface area contributed by atoms with Crippen LogP contribution < -0.4 is 9.46 Å². The number of benzene rings is 1. The fourth-order valence-corrected chi connectivity index (χ4v) is 4.15. The van der Waals surface area contributed by atoms with Crippen LogP contribution in [0, 0.1) is 0 Å². The van der Waals surface area contributed by atoms with Gasteiger partial charge in [-0.1, -0.05) is 18.2 Å². The molecule has 10 heteroatoms. The molecule has 1 aromatic carbocycles. The van der Waals surface area contributed by atoms with E-state index in [0.717, 1.165) is 22.6 Å². The first-order valence-electron chi connectivity index (χ1n) is 7.57. The van der Waals surface area contributed by atoms with Gasteiger partial charge in [0.2, 0.25) is 10.0 Å². The van der Waals surface area contributed by atoms with Gasteiger partial charge in [-0.3, -0.25) is 4.98 Å². The van der Waals surface area contributed by atoms with Gasteiger partial charge in [-0.15, -0.1) is 24.5 Å². The maximum absolute atomic E-state index is 12.5. The topological polar surface area (TPSA) is 68.3 Å². The number of aromatic nitrogens is 1. The van der Waals surface area contributed by atoms with Crippen molar-refractivity contribution < 1.29 is 26.3 Å². The Labute approximate surface area is 157 Å². The van der Waals surface area contributed by atoms with Crippen molar-refractivity contribution in [3.63, 3.8) is 0 Å². The molecule has 1 N–H and O–H groups in total. The lowest BCUT2D eigenvalue weighted by molar-refractivity contribution is -0.275. The molecule has 0 aliphatic heterocycles. The Morgan fingerprint density at radius 1 is 1.11 bits per heavy atom. The van der Waals surface area contributed by atoms with Crippen LogP contribution in [-0.2, 0) is 16.6 Å². The minimum absolute atomic E-state index is 0.130. The summed E-state index contributed by atoms with van der Waals surface area (Å²) in [4.78, 5) is 4.45. The van der Waals surface area contributed by atoms with Gasteiger partial charge in [-0.25, -0.2) is 13.1 Å². The van der Waals surface area contributed by atoms with E-state index in [2.05, 4.69) is 14.4 Å². The lowest BCUT2D eigenvalue weighted by atomic mass is 10.2. The molecule has 0 radical (unpaired) electrons. The van der Waals surface area contributed by atoms with Crippen LogP contribution in [0.4, 0.5) is 13.2 Å². The molecule has 142 valence electrons. The van der Waals surface area contributed by atoms with Crippen molar-refractivity contribution in [3.8, 4) is 16.2 Å². The summed E-state index contributed by atoms with van der Waals surface area (Å²) >= 11 is 1.51. The Balaban J connectivity index is 1.79. The molecule has 0 amide bonds. The molecule has 0 saturated heterocycles. The minimum Gasteiger partial charge on any atom is -0.404 e. The maximum Gasteiger partial charge on any atom is 0.573 e. The van der Waals surface area contributed by atoms with Crippen LogP contribution in [0.3, 0.4) is 0 Å². The SMILES string of the molecule is O=S(=O)(NCc1cncc(-c2cccs2)c1)c1ccccc1OC(F)(F)F. The van der Waals surface area contributed by atoms with Gasteiger partial charge in [-0.2, -0.15) is 0 Å². The molecule has 0 aliphatic carbocycles. The fraction of sp³-hybridized carbons (Fsp3) is 0.118. The number of pyridine rings is 1. The normalized spacial score (nSPS) is 12.1. The van der Waals surface area contributed by atoms with Crippen molar-refractivity contribution in [1.29, 1.82) is 0 Å². The van der Waals surface area contributed by atoms with E-state index in [4.69, 9.17) is 0 Å². The molecule has 5 nitrogen and oxygen atoms in total. The molecule has 0 fully saturated rings. The Morgan fingerprint density at radius 3 is 2.59 bits per heavy atom.